The first-order valence-corrected chi connectivity index (χ1v) is 11.3. The summed E-state index contributed by atoms with van der Waals surface area (Å²) in [6, 6.07) is 15.3. The van der Waals surface area contributed by atoms with Crippen LogP contribution >= 0.6 is 0 Å². The van der Waals surface area contributed by atoms with E-state index in [9.17, 15) is 19.2 Å². The first-order chi connectivity index (χ1) is 16.5. The summed E-state index contributed by atoms with van der Waals surface area (Å²) in [5.74, 6) is -2.34. The highest BCUT2D eigenvalue weighted by molar-refractivity contribution is 6.22. The van der Waals surface area contributed by atoms with Gasteiger partial charge in [-0.1, -0.05) is 30.3 Å². The fourth-order valence-corrected chi connectivity index (χ4v) is 4.65. The number of hydrogen-bond donors (Lipinski definition) is 0. The molecule has 0 saturated carbocycles. The van der Waals surface area contributed by atoms with Crippen LogP contribution in [-0.4, -0.2) is 78.6 Å². The highest BCUT2D eigenvalue weighted by Gasteiger charge is 2.41. The second-order valence-electron chi connectivity index (χ2n) is 8.55. The molecular weight excluding hydrogens is 438 g/mol. The zero-order valence-corrected chi connectivity index (χ0v) is 18.6. The van der Waals surface area contributed by atoms with Crippen molar-refractivity contribution in [3.63, 3.8) is 0 Å². The number of hydrogen-bond acceptors (Lipinski definition) is 6. The van der Waals surface area contributed by atoms with Crippen molar-refractivity contribution in [3.8, 4) is 0 Å². The molecule has 9 heteroatoms. The van der Waals surface area contributed by atoms with Gasteiger partial charge in [-0.25, -0.2) is 0 Å². The van der Waals surface area contributed by atoms with Crippen LogP contribution in [-0.2, 0) is 19.1 Å². The normalized spacial score (nSPS) is 18.9. The number of carbonyl (C=O) groups excluding carboxylic acids is 4. The van der Waals surface area contributed by atoms with Gasteiger partial charge in [0.2, 0.25) is 11.8 Å². The highest BCUT2D eigenvalue weighted by atomic mass is 16.7. The van der Waals surface area contributed by atoms with Crippen LogP contribution in [0.5, 0.6) is 0 Å². The van der Waals surface area contributed by atoms with Gasteiger partial charge in [0, 0.05) is 31.6 Å². The van der Waals surface area contributed by atoms with Gasteiger partial charge >= 0.3 is 0 Å². The third-order valence-electron chi connectivity index (χ3n) is 6.53. The highest BCUT2D eigenvalue weighted by Crippen LogP contribution is 2.31. The van der Waals surface area contributed by atoms with Crippen molar-refractivity contribution in [2.45, 2.75) is 18.6 Å². The molecule has 0 aliphatic carbocycles. The Kier molecular flexibility index (Phi) is 5.89. The molecule has 3 heterocycles. The summed E-state index contributed by atoms with van der Waals surface area (Å²) < 4.78 is 11.5. The number of amides is 4. The Labute approximate surface area is 196 Å². The molecule has 0 N–H and O–H groups in total. The van der Waals surface area contributed by atoms with Crippen LogP contribution < -0.4 is 4.90 Å². The SMILES string of the molecule is O=C(CN(C(=O)CN1C(=O)c2ccccc2C1=O)c1ccccc1)N1CCC2(CC1)OCCO2. The molecule has 0 aromatic heterocycles. The van der Waals surface area contributed by atoms with E-state index < -0.39 is 30.1 Å². The first-order valence-electron chi connectivity index (χ1n) is 11.3. The van der Waals surface area contributed by atoms with E-state index in [0.29, 0.717) is 44.8 Å². The van der Waals surface area contributed by atoms with E-state index in [-0.39, 0.29) is 23.6 Å². The number of piperidine rings is 1. The number of para-hydroxylation sites is 1. The maximum Gasteiger partial charge on any atom is 0.262 e. The van der Waals surface area contributed by atoms with E-state index >= 15 is 0 Å². The maximum absolute atomic E-state index is 13.3. The Balaban J connectivity index is 1.30. The van der Waals surface area contributed by atoms with Gasteiger partial charge in [-0.2, -0.15) is 0 Å². The van der Waals surface area contributed by atoms with Crippen molar-refractivity contribution in [2.24, 2.45) is 0 Å². The quantitative estimate of drug-likeness (QED) is 0.626. The van der Waals surface area contributed by atoms with Gasteiger partial charge in [0.15, 0.2) is 5.79 Å². The Hall–Kier alpha value is -3.56. The minimum Gasteiger partial charge on any atom is -0.347 e. The standard InChI is InChI=1S/C25H25N3O6/c29-21(26-12-10-25(11-13-26)33-14-15-34-25)16-27(18-6-2-1-3-7-18)22(30)17-28-23(31)19-8-4-5-9-20(19)24(28)32/h1-9H,10-17H2. The lowest BCUT2D eigenvalue weighted by Crippen LogP contribution is -2.51. The van der Waals surface area contributed by atoms with Crippen LogP contribution in [0.15, 0.2) is 54.6 Å². The Morgan fingerprint density at radius 2 is 1.41 bits per heavy atom. The number of imide groups is 1. The molecule has 4 amide bonds. The molecule has 5 rings (SSSR count). The van der Waals surface area contributed by atoms with Gasteiger partial charge in [0.25, 0.3) is 11.8 Å². The third-order valence-corrected chi connectivity index (χ3v) is 6.53. The fourth-order valence-electron chi connectivity index (χ4n) is 4.65. The van der Waals surface area contributed by atoms with Crippen molar-refractivity contribution < 1.29 is 28.7 Å². The molecule has 34 heavy (non-hydrogen) atoms. The summed E-state index contributed by atoms with van der Waals surface area (Å²) in [5.41, 5.74) is 1.08. The molecule has 2 fully saturated rings. The Bertz CT molecular complexity index is 1080. The molecule has 0 atom stereocenters. The fraction of sp³-hybridized carbons (Fsp3) is 0.360. The smallest absolute Gasteiger partial charge is 0.262 e. The average Bonchev–Trinajstić information content (AvgIpc) is 3.42. The van der Waals surface area contributed by atoms with Crippen LogP contribution in [0, 0.1) is 0 Å². The van der Waals surface area contributed by atoms with Gasteiger partial charge < -0.3 is 19.3 Å². The number of likely N-dealkylation sites (tertiary alicyclic amines) is 1. The van der Waals surface area contributed by atoms with Gasteiger partial charge in [0.1, 0.15) is 13.1 Å². The van der Waals surface area contributed by atoms with Crippen molar-refractivity contribution in [1.82, 2.24) is 9.80 Å². The van der Waals surface area contributed by atoms with Crippen LogP contribution in [0.4, 0.5) is 5.69 Å². The van der Waals surface area contributed by atoms with E-state index in [1.54, 1.807) is 53.4 Å². The Morgan fingerprint density at radius 3 is 2.00 bits per heavy atom. The molecule has 3 aliphatic rings. The zero-order valence-electron chi connectivity index (χ0n) is 18.6. The van der Waals surface area contributed by atoms with Gasteiger partial charge in [-0.3, -0.25) is 24.1 Å². The molecule has 0 radical (unpaired) electrons. The van der Waals surface area contributed by atoms with Gasteiger partial charge in [-0.15, -0.1) is 0 Å². The summed E-state index contributed by atoms with van der Waals surface area (Å²) in [7, 11) is 0. The van der Waals surface area contributed by atoms with Crippen LogP contribution in [0.2, 0.25) is 0 Å². The van der Waals surface area contributed by atoms with Crippen LogP contribution in [0.25, 0.3) is 0 Å². The summed E-state index contributed by atoms with van der Waals surface area (Å²) in [6.07, 6.45) is 1.15. The van der Waals surface area contributed by atoms with Gasteiger partial charge in [0.05, 0.1) is 24.3 Å². The number of rotatable bonds is 5. The number of ether oxygens (including phenoxy) is 2. The van der Waals surface area contributed by atoms with E-state index in [0.717, 1.165) is 4.90 Å². The maximum atomic E-state index is 13.3. The van der Waals surface area contributed by atoms with E-state index in [4.69, 9.17) is 9.47 Å². The lowest BCUT2D eigenvalue weighted by molar-refractivity contribution is -0.187. The topological polar surface area (TPSA) is 96.5 Å². The molecule has 0 unspecified atom stereocenters. The van der Waals surface area contributed by atoms with Crippen LogP contribution in [0.1, 0.15) is 33.6 Å². The third kappa shape index (κ3) is 4.08. The second kappa shape index (κ2) is 9.00. The van der Waals surface area contributed by atoms with E-state index in [1.807, 2.05) is 6.07 Å². The average molecular weight is 463 g/mol. The largest absolute Gasteiger partial charge is 0.347 e. The van der Waals surface area contributed by atoms with Crippen molar-refractivity contribution in [2.75, 3.05) is 44.3 Å². The lowest BCUT2D eigenvalue weighted by Gasteiger charge is -2.38. The first kappa shape index (κ1) is 22.2. The van der Waals surface area contributed by atoms with Gasteiger partial charge in [-0.05, 0) is 24.3 Å². The molecule has 2 saturated heterocycles. The van der Waals surface area contributed by atoms with E-state index in [2.05, 4.69) is 0 Å². The summed E-state index contributed by atoms with van der Waals surface area (Å²) >= 11 is 0. The van der Waals surface area contributed by atoms with Crippen molar-refractivity contribution >= 4 is 29.3 Å². The zero-order chi connectivity index (χ0) is 23.7. The molecule has 3 aliphatic heterocycles. The number of anilines is 1. The molecule has 9 nitrogen and oxygen atoms in total. The minimum absolute atomic E-state index is 0.194. The molecule has 0 bridgehead atoms. The number of nitrogens with zero attached hydrogens (tertiary/aromatic N) is 3. The molecule has 1 spiro atoms. The number of benzene rings is 2. The van der Waals surface area contributed by atoms with Crippen molar-refractivity contribution in [3.05, 3.63) is 65.7 Å². The minimum atomic E-state index is -0.600. The lowest BCUT2D eigenvalue weighted by atomic mass is 10.0. The number of carbonyl (C=O) groups is 4. The van der Waals surface area contributed by atoms with Crippen molar-refractivity contribution in [1.29, 1.82) is 0 Å². The molecule has 176 valence electrons. The molecule has 2 aromatic carbocycles. The monoisotopic (exact) mass is 463 g/mol. The van der Waals surface area contributed by atoms with Crippen LogP contribution in [0.3, 0.4) is 0 Å². The Morgan fingerprint density at radius 1 is 0.853 bits per heavy atom. The number of fused-ring (bicyclic) bond motifs is 1. The molecular formula is C25H25N3O6. The summed E-state index contributed by atoms with van der Waals surface area (Å²) in [6.45, 7) is 1.41. The predicted octanol–water partition coefficient (Wildman–Crippen LogP) is 1.68. The molecule has 2 aromatic rings. The predicted molar refractivity (Wildman–Crippen MR) is 121 cm³/mol. The second-order valence-corrected chi connectivity index (χ2v) is 8.55. The summed E-state index contributed by atoms with van der Waals surface area (Å²) in [5, 5.41) is 0. The van der Waals surface area contributed by atoms with E-state index in [1.165, 1.54) is 4.90 Å². The summed E-state index contributed by atoms with van der Waals surface area (Å²) in [4.78, 5) is 55.9.